The van der Waals surface area contributed by atoms with Gasteiger partial charge in [-0.1, -0.05) is 30.3 Å². The number of hydrogen-bond acceptors (Lipinski definition) is 5. The molecular formula is C13H10N2O2S. The maximum Gasteiger partial charge on any atom is 0.351 e. The zero-order chi connectivity index (χ0) is 13.0. The molecule has 1 aromatic heterocycles. The van der Waals surface area contributed by atoms with Crippen LogP contribution in [0.1, 0.15) is 15.4 Å². The first-order valence-corrected chi connectivity index (χ1v) is 6.11. The van der Waals surface area contributed by atoms with E-state index in [1.54, 1.807) is 13.0 Å². The molecule has 5 heteroatoms. The lowest BCUT2D eigenvalue weighted by atomic mass is 10.2. The Hall–Kier alpha value is -2.19. The van der Waals surface area contributed by atoms with Crippen molar-refractivity contribution >= 4 is 17.3 Å². The average molecular weight is 258 g/mol. The molecule has 0 bridgehead atoms. The minimum atomic E-state index is -0.492. The highest BCUT2D eigenvalue weighted by Gasteiger charge is 2.17. The summed E-state index contributed by atoms with van der Waals surface area (Å²) in [5, 5.41) is 9.15. The van der Waals surface area contributed by atoms with Gasteiger partial charge in [0.25, 0.3) is 0 Å². The lowest BCUT2D eigenvalue weighted by molar-refractivity contribution is 0.0559. The van der Waals surface area contributed by atoms with Gasteiger partial charge in [-0.3, -0.25) is 0 Å². The summed E-state index contributed by atoms with van der Waals surface area (Å²) in [6.07, 6.45) is 0. The van der Waals surface area contributed by atoms with Gasteiger partial charge >= 0.3 is 5.97 Å². The summed E-state index contributed by atoms with van der Waals surface area (Å²) in [6.45, 7) is 1.52. The van der Waals surface area contributed by atoms with Crippen molar-refractivity contribution in [2.75, 3.05) is 6.61 Å². The number of esters is 1. The maximum absolute atomic E-state index is 11.7. The van der Waals surface area contributed by atoms with Crippen molar-refractivity contribution in [1.29, 1.82) is 5.26 Å². The van der Waals surface area contributed by atoms with Crippen LogP contribution >= 0.6 is 11.3 Å². The highest BCUT2D eigenvalue weighted by atomic mass is 32.1. The molecule has 0 saturated heterocycles. The summed E-state index contributed by atoms with van der Waals surface area (Å²) in [6, 6.07) is 11.4. The number of carbonyl (C=O) groups excluding carboxylic acids is 1. The summed E-state index contributed by atoms with van der Waals surface area (Å²) < 4.78 is 4.78. The Bertz CT molecular complexity index is 599. The minimum Gasteiger partial charge on any atom is -0.446 e. The van der Waals surface area contributed by atoms with Gasteiger partial charge in [-0.05, 0) is 6.92 Å². The van der Waals surface area contributed by atoms with Gasteiger partial charge in [-0.2, -0.15) is 5.26 Å². The molecule has 2 rings (SSSR count). The third-order valence-electron chi connectivity index (χ3n) is 2.27. The van der Waals surface area contributed by atoms with E-state index in [1.807, 2.05) is 30.3 Å². The number of carbonyl (C=O) groups is 1. The van der Waals surface area contributed by atoms with Gasteiger partial charge in [0, 0.05) is 5.56 Å². The van der Waals surface area contributed by atoms with Gasteiger partial charge in [-0.25, -0.2) is 9.78 Å². The van der Waals surface area contributed by atoms with Crippen LogP contribution < -0.4 is 0 Å². The van der Waals surface area contributed by atoms with E-state index in [0.29, 0.717) is 10.6 Å². The number of hydrogen-bond donors (Lipinski definition) is 0. The van der Waals surface area contributed by atoms with Crippen LogP contribution in [-0.4, -0.2) is 17.6 Å². The Morgan fingerprint density at radius 3 is 2.83 bits per heavy atom. The maximum atomic E-state index is 11.7. The fourth-order valence-electron chi connectivity index (χ4n) is 1.45. The second-order valence-corrected chi connectivity index (χ2v) is 4.53. The van der Waals surface area contributed by atoms with E-state index in [0.717, 1.165) is 10.6 Å². The standard InChI is InChI=1S/C13H10N2O2S/c1-9-11(13(16)17-8-7-14)18-12(15-9)10-5-3-2-4-6-10/h2-6H,8H2,1H3. The molecule has 0 unspecified atom stereocenters. The van der Waals surface area contributed by atoms with Gasteiger partial charge < -0.3 is 4.74 Å². The molecule has 0 atom stereocenters. The molecule has 0 spiro atoms. The van der Waals surface area contributed by atoms with Gasteiger partial charge in [0.15, 0.2) is 6.61 Å². The average Bonchev–Trinajstić information content (AvgIpc) is 2.79. The summed E-state index contributed by atoms with van der Waals surface area (Å²) in [5.41, 5.74) is 1.59. The monoisotopic (exact) mass is 258 g/mol. The third kappa shape index (κ3) is 2.55. The van der Waals surface area contributed by atoms with Crippen LogP contribution in [-0.2, 0) is 4.74 Å². The first kappa shape index (κ1) is 12.3. The highest BCUT2D eigenvalue weighted by Crippen LogP contribution is 2.28. The topological polar surface area (TPSA) is 63.0 Å². The number of benzene rings is 1. The fourth-order valence-corrected chi connectivity index (χ4v) is 2.42. The number of aromatic nitrogens is 1. The first-order chi connectivity index (χ1) is 8.72. The molecule has 0 saturated carbocycles. The van der Waals surface area contributed by atoms with Crippen LogP contribution in [0.2, 0.25) is 0 Å². The van der Waals surface area contributed by atoms with Gasteiger partial charge in [0.2, 0.25) is 0 Å². The first-order valence-electron chi connectivity index (χ1n) is 5.29. The molecule has 0 aliphatic rings. The molecule has 4 nitrogen and oxygen atoms in total. The lowest BCUT2D eigenvalue weighted by Crippen LogP contribution is -2.04. The Labute approximate surface area is 108 Å². The van der Waals surface area contributed by atoms with Crippen molar-refractivity contribution < 1.29 is 9.53 Å². The molecule has 0 N–H and O–H groups in total. The van der Waals surface area contributed by atoms with E-state index in [-0.39, 0.29) is 6.61 Å². The van der Waals surface area contributed by atoms with Crippen molar-refractivity contribution in [3.05, 3.63) is 40.9 Å². The summed E-state index contributed by atoms with van der Waals surface area (Å²) >= 11 is 1.28. The van der Waals surface area contributed by atoms with E-state index in [2.05, 4.69) is 4.98 Å². The number of aryl methyl sites for hydroxylation is 1. The zero-order valence-electron chi connectivity index (χ0n) is 9.71. The minimum absolute atomic E-state index is 0.239. The van der Waals surface area contributed by atoms with E-state index < -0.39 is 5.97 Å². The van der Waals surface area contributed by atoms with Crippen LogP contribution in [0.15, 0.2) is 30.3 Å². The predicted molar refractivity (Wildman–Crippen MR) is 68.2 cm³/mol. The van der Waals surface area contributed by atoms with Gasteiger partial charge in [0.05, 0.1) is 5.69 Å². The predicted octanol–water partition coefficient (Wildman–Crippen LogP) is 2.80. The van der Waals surface area contributed by atoms with Crippen LogP contribution in [0.3, 0.4) is 0 Å². The van der Waals surface area contributed by atoms with Crippen LogP contribution in [0.5, 0.6) is 0 Å². The van der Waals surface area contributed by atoms with Crippen LogP contribution in [0.25, 0.3) is 10.6 Å². The van der Waals surface area contributed by atoms with E-state index in [1.165, 1.54) is 11.3 Å². The lowest BCUT2D eigenvalue weighted by Gasteiger charge is -1.96. The fraction of sp³-hybridized carbons (Fsp3) is 0.154. The summed E-state index contributed by atoms with van der Waals surface area (Å²) in [4.78, 5) is 16.5. The molecule has 0 radical (unpaired) electrons. The Balaban J connectivity index is 2.28. The Kier molecular flexibility index (Phi) is 3.70. The van der Waals surface area contributed by atoms with Gasteiger partial charge in [0.1, 0.15) is 16.0 Å². The zero-order valence-corrected chi connectivity index (χ0v) is 10.5. The molecule has 2 aromatic rings. The molecule has 1 heterocycles. The molecule has 90 valence electrons. The molecule has 0 amide bonds. The molecule has 0 fully saturated rings. The van der Waals surface area contributed by atoms with Crippen molar-refractivity contribution in [1.82, 2.24) is 4.98 Å². The number of nitriles is 1. The largest absolute Gasteiger partial charge is 0.446 e. The smallest absolute Gasteiger partial charge is 0.351 e. The van der Waals surface area contributed by atoms with Crippen LogP contribution in [0, 0.1) is 18.3 Å². The van der Waals surface area contributed by atoms with Crippen molar-refractivity contribution in [3.8, 4) is 16.6 Å². The number of ether oxygens (including phenoxy) is 1. The molecule has 0 aliphatic heterocycles. The van der Waals surface area contributed by atoms with E-state index in [4.69, 9.17) is 10.00 Å². The van der Waals surface area contributed by atoms with Crippen molar-refractivity contribution in [3.63, 3.8) is 0 Å². The normalized spacial score (nSPS) is 9.78. The van der Waals surface area contributed by atoms with Gasteiger partial charge in [-0.15, -0.1) is 11.3 Å². The SMILES string of the molecule is Cc1nc(-c2ccccc2)sc1C(=O)OCC#N. The number of nitrogens with zero attached hydrogens (tertiary/aromatic N) is 2. The molecule has 1 aromatic carbocycles. The van der Waals surface area contributed by atoms with Crippen molar-refractivity contribution in [2.45, 2.75) is 6.92 Å². The third-order valence-corrected chi connectivity index (χ3v) is 3.46. The quantitative estimate of drug-likeness (QED) is 0.794. The summed E-state index contributed by atoms with van der Waals surface area (Å²) in [5.74, 6) is -0.492. The Morgan fingerprint density at radius 1 is 1.44 bits per heavy atom. The number of thiazole rings is 1. The highest BCUT2D eigenvalue weighted by molar-refractivity contribution is 7.17. The van der Waals surface area contributed by atoms with E-state index in [9.17, 15) is 4.79 Å². The van der Waals surface area contributed by atoms with E-state index >= 15 is 0 Å². The second-order valence-electron chi connectivity index (χ2n) is 3.53. The Morgan fingerprint density at radius 2 is 2.17 bits per heavy atom. The molecule has 18 heavy (non-hydrogen) atoms. The molecule has 0 aliphatic carbocycles. The van der Waals surface area contributed by atoms with Crippen molar-refractivity contribution in [2.24, 2.45) is 0 Å². The van der Waals surface area contributed by atoms with Crippen LogP contribution in [0.4, 0.5) is 0 Å². The second kappa shape index (κ2) is 5.43. The molecular weight excluding hydrogens is 248 g/mol. The number of rotatable bonds is 3. The summed E-state index contributed by atoms with van der Waals surface area (Å²) in [7, 11) is 0.